The van der Waals surface area contributed by atoms with Crippen LogP contribution in [0.4, 0.5) is 17.5 Å². The maximum Gasteiger partial charge on any atom is 0.469 e. The molecule has 3 aromatic rings. The lowest BCUT2D eigenvalue weighted by molar-refractivity contribution is -0.0503. The lowest BCUT2D eigenvalue weighted by Gasteiger charge is -2.17. The zero-order valence-electron chi connectivity index (χ0n) is 15.3. The number of nitrogens with one attached hydrogen (secondary N) is 1. The first-order chi connectivity index (χ1) is 14.2. The van der Waals surface area contributed by atoms with E-state index in [1.165, 1.54) is 10.9 Å². The van der Waals surface area contributed by atoms with Crippen LogP contribution in [0.15, 0.2) is 36.7 Å². The Morgan fingerprint density at radius 3 is 2.63 bits per heavy atom. The van der Waals surface area contributed by atoms with E-state index in [2.05, 4.69) is 24.8 Å². The maximum atomic E-state index is 10.9. The van der Waals surface area contributed by atoms with Crippen molar-refractivity contribution in [2.75, 3.05) is 17.7 Å². The lowest BCUT2D eigenvalue weighted by Crippen LogP contribution is -2.33. The number of nitrogen functional groups attached to an aromatic ring is 1. The van der Waals surface area contributed by atoms with Gasteiger partial charge in [-0.25, -0.2) is 9.55 Å². The smallest absolute Gasteiger partial charge is 0.387 e. The van der Waals surface area contributed by atoms with E-state index in [9.17, 15) is 14.8 Å². The first-order valence-electron chi connectivity index (χ1n) is 8.77. The van der Waals surface area contributed by atoms with Crippen LogP contribution in [-0.4, -0.2) is 64.4 Å². The zero-order chi connectivity index (χ0) is 21.5. The van der Waals surface area contributed by atoms with Gasteiger partial charge in [-0.3, -0.25) is 9.09 Å². The van der Waals surface area contributed by atoms with Gasteiger partial charge in [-0.2, -0.15) is 9.97 Å². The molecule has 0 amide bonds. The molecule has 4 unspecified atom stereocenters. The predicted octanol–water partition coefficient (Wildman–Crippen LogP) is -0.119. The van der Waals surface area contributed by atoms with Gasteiger partial charge in [-0.05, 0) is 12.1 Å². The summed E-state index contributed by atoms with van der Waals surface area (Å²) < 4.78 is 22.2. The second kappa shape index (κ2) is 7.89. The van der Waals surface area contributed by atoms with Gasteiger partial charge in [-0.1, -0.05) is 18.2 Å². The minimum absolute atomic E-state index is 0.0582. The topological polar surface area (TPSA) is 198 Å². The van der Waals surface area contributed by atoms with Crippen molar-refractivity contribution in [3.63, 3.8) is 0 Å². The Bertz CT molecular complexity index is 1090. The van der Waals surface area contributed by atoms with Gasteiger partial charge >= 0.3 is 7.82 Å². The number of phosphoric acid groups is 1. The van der Waals surface area contributed by atoms with Crippen molar-refractivity contribution in [1.29, 1.82) is 0 Å². The molecule has 3 heterocycles. The fraction of sp³-hybridized carbons (Fsp3) is 0.312. The Hall–Kier alpha value is -2.64. The van der Waals surface area contributed by atoms with Crippen molar-refractivity contribution in [3.05, 3.63) is 36.7 Å². The van der Waals surface area contributed by atoms with Gasteiger partial charge in [-0.15, -0.1) is 0 Å². The minimum Gasteiger partial charge on any atom is -0.387 e. The van der Waals surface area contributed by atoms with Gasteiger partial charge in [0.25, 0.3) is 0 Å². The Kier molecular flexibility index (Phi) is 5.42. The van der Waals surface area contributed by atoms with Crippen molar-refractivity contribution in [3.8, 4) is 0 Å². The molecule has 7 N–H and O–H groups in total. The summed E-state index contributed by atoms with van der Waals surface area (Å²) in [7, 11) is -4.77. The summed E-state index contributed by atoms with van der Waals surface area (Å²) in [6, 6.07) is 9.19. The van der Waals surface area contributed by atoms with E-state index in [1.807, 2.05) is 30.3 Å². The number of benzene rings is 1. The molecule has 0 bridgehead atoms. The first-order valence-corrected chi connectivity index (χ1v) is 10.3. The van der Waals surface area contributed by atoms with Gasteiger partial charge in [0.15, 0.2) is 23.2 Å². The molecule has 1 aliphatic rings. The van der Waals surface area contributed by atoms with E-state index in [-0.39, 0.29) is 11.6 Å². The Morgan fingerprint density at radius 1 is 1.20 bits per heavy atom. The Labute approximate surface area is 169 Å². The normalized spacial score (nSPS) is 24.4. The quantitative estimate of drug-likeness (QED) is 0.279. The largest absolute Gasteiger partial charge is 0.469 e. The zero-order valence-corrected chi connectivity index (χ0v) is 16.2. The second-order valence-corrected chi connectivity index (χ2v) is 7.82. The third-order valence-corrected chi connectivity index (χ3v) is 4.98. The molecular formula is C16H19N6O7P. The number of fused-ring (bicyclic) bond motifs is 1. The highest BCUT2D eigenvalue weighted by molar-refractivity contribution is 7.46. The van der Waals surface area contributed by atoms with E-state index in [0.717, 1.165) is 5.69 Å². The number of aliphatic hydroxyl groups excluding tert-OH is 2. The molecule has 4 atom stereocenters. The van der Waals surface area contributed by atoms with Crippen molar-refractivity contribution in [1.82, 2.24) is 19.5 Å². The second-order valence-electron chi connectivity index (χ2n) is 6.58. The number of anilines is 3. The van der Waals surface area contributed by atoms with E-state index in [1.54, 1.807) is 0 Å². The number of aliphatic hydroxyl groups is 2. The van der Waals surface area contributed by atoms with E-state index >= 15 is 0 Å². The molecule has 1 fully saturated rings. The van der Waals surface area contributed by atoms with Crippen molar-refractivity contribution < 1.29 is 33.8 Å². The SMILES string of the molecule is Nc1nc(Nc2ccccc2)c2ncn(C3OC(COP(=O)(O)O)C(O)C3O)c2n1. The number of nitrogens with two attached hydrogens (primary N) is 1. The van der Waals surface area contributed by atoms with Gasteiger partial charge in [0.1, 0.15) is 18.3 Å². The van der Waals surface area contributed by atoms with Crippen LogP contribution in [0.5, 0.6) is 0 Å². The molecule has 0 saturated carbocycles. The van der Waals surface area contributed by atoms with E-state index < -0.39 is 39.0 Å². The molecule has 0 aliphatic carbocycles. The fourth-order valence-electron chi connectivity index (χ4n) is 3.13. The number of para-hydroxylation sites is 1. The van der Waals surface area contributed by atoms with Crippen molar-refractivity contribution in [2.45, 2.75) is 24.5 Å². The number of imidazole rings is 1. The summed E-state index contributed by atoms with van der Waals surface area (Å²) in [6.07, 6.45) is -3.89. The van der Waals surface area contributed by atoms with Crippen molar-refractivity contribution >= 4 is 36.4 Å². The molecule has 1 aliphatic heterocycles. The summed E-state index contributed by atoms with van der Waals surface area (Å²) in [5.41, 5.74) is 7.14. The van der Waals surface area contributed by atoms with Crippen LogP contribution in [-0.2, 0) is 13.8 Å². The summed E-state index contributed by atoms with van der Waals surface area (Å²) in [6.45, 7) is -0.621. The predicted molar refractivity (Wildman–Crippen MR) is 103 cm³/mol. The average molecular weight is 438 g/mol. The van der Waals surface area contributed by atoms with Gasteiger partial charge in [0.05, 0.1) is 12.9 Å². The molecule has 2 aromatic heterocycles. The van der Waals surface area contributed by atoms with Crippen molar-refractivity contribution in [2.24, 2.45) is 0 Å². The number of aromatic nitrogens is 4. The summed E-state index contributed by atoms with van der Waals surface area (Å²) in [4.78, 5) is 30.3. The molecule has 4 rings (SSSR count). The standard InChI is InChI=1S/C16H19N6O7P/c17-16-20-13(19-8-4-2-1-3-5-8)10-14(21-16)22(7-18-10)15-12(24)11(23)9(29-15)6-28-30(25,26)27/h1-5,7,9,11-12,15,23-24H,6H2,(H2,25,26,27)(H3,17,19,20,21). The maximum absolute atomic E-state index is 10.9. The fourth-order valence-corrected chi connectivity index (χ4v) is 3.47. The number of hydrogen-bond donors (Lipinski definition) is 6. The highest BCUT2D eigenvalue weighted by Gasteiger charge is 2.45. The monoisotopic (exact) mass is 438 g/mol. The molecule has 0 spiro atoms. The molecular weight excluding hydrogens is 419 g/mol. The van der Waals surface area contributed by atoms with Gasteiger partial charge in [0, 0.05) is 5.69 Å². The molecule has 30 heavy (non-hydrogen) atoms. The molecule has 1 saturated heterocycles. The molecule has 160 valence electrons. The number of ether oxygens (including phenoxy) is 1. The van der Waals surface area contributed by atoms with Crippen LogP contribution < -0.4 is 11.1 Å². The summed E-state index contributed by atoms with van der Waals surface area (Å²) in [5.74, 6) is 0.272. The van der Waals surface area contributed by atoms with Crippen LogP contribution in [0.1, 0.15) is 6.23 Å². The van der Waals surface area contributed by atoms with Gasteiger partial charge < -0.3 is 35.8 Å². The highest BCUT2D eigenvalue weighted by atomic mass is 31.2. The third kappa shape index (κ3) is 4.13. The summed E-state index contributed by atoms with van der Waals surface area (Å²) in [5, 5.41) is 23.7. The number of nitrogens with zero attached hydrogens (tertiary/aromatic N) is 4. The number of phosphoric ester groups is 1. The van der Waals surface area contributed by atoms with Gasteiger partial charge in [0.2, 0.25) is 5.95 Å². The minimum atomic E-state index is -4.77. The Morgan fingerprint density at radius 2 is 1.93 bits per heavy atom. The molecule has 1 aromatic carbocycles. The highest BCUT2D eigenvalue weighted by Crippen LogP contribution is 2.39. The molecule has 0 radical (unpaired) electrons. The number of rotatable bonds is 6. The lowest BCUT2D eigenvalue weighted by atomic mass is 10.1. The summed E-state index contributed by atoms with van der Waals surface area (Å²) >= 11 is 0. The van der Waals surface area contributed by atoms with Crippen LogP contribution in [0.25, 0.3) is 11.2 Å². The van der Waals surface area contributed by atoms with Crippen LogP contribution in [0.2, 0.25) is 0 Å². The Balaban J connectivity index is 1.64. The molecule has 13 nitrogen and oxygen atoms in total. The van der Waals surface area contributed by atoms with Crippen LogP contribution >= 0.6 is 7.82 Å². The number of hydrogen-bond acceptors (Lipinski definition) is 10. The first kappa shape index (κ1) is 20.6. The van der Waals surface area contributed by atoms with E-state index in [4.69, 9.17) is 20.3 Å². The average Bonchev–Trinajstić information content (AvgIpc) is 3.22. The third-order valence-electron chi connectivity index (χ3n) is 4.49. The van der Waals surface area contributed by atoms with Crippen LogP contribution in [0, 0.1) is 0 Å². The molecule has 14 heteroatoms. The van der Waals surface area contributed by atoms with E-state index in [0.29, 0.717) is 11.3 Å². The van der Waals surface area contributed by atoms with Crippen LogP contribution in [0.3, 0.4) is 0 Å².